The lowest BCUT2D eigenvalue weighted by Crippen LogP contribution is -2.37. The van der Waals surface area contributed by atoms with Crippen molar-refractivity contribution in [2.45, 2.75) is 18.9 Å². The van der Waals surface area contributed by atoms with Crippen molar-refractivity contribution in [3.05, 3.63) is 53.2 Å². The van der Waals surface area contributed by atoms with Gasteiger partial charge in [-0.05, 0) is 37.1 Å². The number of carbonyl (C=O) groups is 1. The monoisotopic (exact) mass is 442 g/mol. The fraction of sp³-hybridized carbons (Fsp3) is 0.273. The minimum atomic E-state index is -0.254. The van der Waals surface area contributed by atoms with Gasteiger partial charge in [0.05, 0.1) is 29.5 Å². The maximum atomic E-state index is 13.5. The van der Waals surface area contributed by atoms with Crippen molar-refractivity contribution < 1.29 is 18.7 Å². The van der Waals surface area contributed by atoms with E-state index in [0.717, 1.165) is 22.9 Å². The van der Waals surface area contributed by atoms with E-state index in [1.807, 2.05) is 24.3 Å². The first-order valence-electron chi connectivity index (χ1n) is 9.69. The SMILES string of the molecule is COc1ccc(Cl)c2sc(N(CC3CCCO3)C(=O)c3cc4ccccc4o3)nc12. The Balaban J connectivity index is 1.58. The molecule has 2 aromatic heterocycles. The number of hydrogen-bond acceptors (Lipinski definition) is 6. The lowest BCUT2D eigenvalue weighted by Gasteiger charge is -2.22. The third-order valence-electron chi connectivity index (χ3n) is 5.19. The quantitative estimate of drug-likeness (QED) is 0.406. The molecule has 1 fully saturated rings. The van der Waals surface area contributed by atoms with Crippen LogP contribution in [0.1, 0.15) is 23.4 Å². The second kappa shape index (κ2) is 7.91. The number of thiazole rings is 1. The van der Waals surface area contributed by atoms with Crippen molar-refractivity contribution in [3.8, 4) is 5.75 Å². The van der Waals surface area contributed by atoms with Crippen LogP contribution >= 0.6 is 22.9 Å². The number of para-hydroxylation sites is 1. The van der Waals surface area contributed by atoms with Gasteiger partial charge in [0, 0.05) is 12.0 Å². The standard InChI is InChI=1S/C22H19ClN2O4S/c1-27-17-9-8-15(23)20-19(17)24-22(30-20)25(12-14-6-4-10-28-14)21(26)18-11-13-5-2-3-7-16(13)29-18/h2-3,5,7-9,11,14H,4,6,10,12H2,1H3. The summed E-state index contributed by atoms with van der Waals surface area (Å²) in [7, 11) is 1.59. The minimum absolute atomic E-state index is 0.0392. The van der Waals surface area contributed by atoms with Crippen molar-refractivity contribution in [2.75, 3.05) is 25.2 Å². The van der Waals surface area contributed by atoms with Gasteiger partial charge < -0.3 is 13.9 Å². The third kappa shape index (κ3) is 3.43. The molecule has 4 aromatic rings. The van der Waals surface area contributed by atoms with Crippen LogP contribution in [0, 0.1) is 0 Å². The van der Waals surface area contributed by atoms with E-state index in [0.29, 0.717) is 40.2 Å². The van der Waals surface area contributed by atoms with Gasteiger partial charge in [0.2, 0.25) is 0 Å². The minimum Gasteiger partial charge on any atom is -0.494 e. The Labute approximate surface area is 182 Å². The summed E-state index contributed by atoms with van der Waals surface area (Å²) >= 11 is 7.75. The van der Waals surface area contributed by atoms with Gasteiger partial charge >= 0.3 is 0 Å². The van der Waals surface area contributed by atoms with E-state index in [4.69, 9.17) is 30.5 Å². The highest BCUT2D eigenvalue weighted by atomic mass is 35.5. The summed E-state index contributed by atoms with van der Waals surface area (Å²) < 4.78 is 17.8. The number of fused-ring (bicyclic) bond motifs is 2. The maximum absolute atomic E-state index is 13.5. The molecule has 2 aromatic carbocycles. The fourth-order valence-corrected chi connectivity index (χ4v) is 4.95. The predicted octanol–water partition coefficient (Wildman–Crippen LogP) is 5.53. The molecule has 1 saturated heterocycles. The first-order chi connectivity index (χ1) is 14.6. The molecule has 1 aliphatic rings. The Kier molecular flexibility index (Phi) is 5.10. The number of amides is 1. The highest BCUT2D eigenvalue weighted by molar-refractivity contribution is 7.23. The smallest absolute Gasteiger partial charge is 0.295 e. The van der Waals surface area contributed by atoms with Gasteiger partial charge in [-0.25, -0.2) is 4.98 Å². The maximum Gasteiger partial charge on any atom is 0.295 e. The van der Waals surface area contributed by atoms with E-state index in [-0.39, 0.29) is 17.8 Å². The molecule has 0 aliphatic carbocycles. The third-order valence-corrected chi connectivity index (χ3v) is 6.73. The molecule has 5 rings (SSSR count). The molecule has 1 atom stereocenters. The zero-order chi connectivity index (χ0) is 20.7. The molecule has 1 amide bonds. The van der Waals surface area contributed by atoms with Crippen LogP contribution in [0.2, 0.25) is 5.02 Å². The average Bonchev–Trinajstić information content (AvgIpc) is 3.51. The van der Waals surface area contributed by atoms with Gasteiger partial charge in [-0.2, -0.15) is 0 Å². The number of anilines is 1. The lowest BCUT2D eigenvalue weighted by atomic mass is 10.2. The van der Waals surface area contributed by atoms with Gasteiger partial charge in [0.15, 0.2) is 10.9 Å². The lowest BCUT2D eigenvalue weighted by molar-refractivity contribution is 0.0896. The van der Waals surface area contributed by atoms with Crippen LogP contribution in [-0.2, 0) is 4.74 Å². The van der Waals surface area contributed by atoms with Gasteiger partial charge in [0.25, 0.3) is 5.91 Å². The number of ether oxygens (including phenoxy) is 2. The Morgan fingerprint density at radius 1 is 1.33 bits per heavy atom. The molecule has 6 nitrogen and oxygen atoms in total. The van der Waals surface area contributed by atoms with Crippen molar-refractivity contribution in [1.82, 2.24) is 4.98 Å². The Morgan fingerprint density at radius 2 is 2.20 bits per heavy atom. The number of aromatic nitrogens is 1. The van der Waals surface area contributed by atoms with E-state index in [2.05, 4.69) is 0 Å². The molecule has 0 radical (unpaired) electrons. The van der Waals surface area contributed by atoms with Crippen LogP contribution in [0.4, 0.5) is 5.13 Å². The topological polar surface area (TPSA) is 64.8 Å². The summed E-state index contributed by atoms with van der Waals surface area (Å²) in [6, 6.07) is 12.9. The molecule has 0 N–H and O–H groups in total. The molecule has 1 unspecified atom stereocenters. The normalized spacial score (nSPS) is 16.4. The molecule has 154 valence electrons. The Morgan fingerprint density at radius 3 is 2.97 bits per heavy atom. The van der Waals surface area contributed by atoms with E-state index in [1.165, 1.54) is 11.3 Å². The van der Waals surface area contributed by atoms with Crippen LogP contribution in [0.5, 0.6) is 5.75 Å². The highest BCUT2D eigenvalue weighted by Gasteiger charge is 2.29. The van der Waals surface area contributed by atoms with Crippen molar-refractivity contribution in [3.63, 3.8) is 0 Å². The van der Waals surface area contributed by atoms with Gasteiger partial charge in [-0.1, -0.05) is 41.1 Å². The molecule has 8 heteroatoms. The molecule has 0 bridgehead atoms. The average molecular weight is 443 g/mol. The van der Waals surface area contributed by atoms with Gasteiger partial charge in [0.1, 0.15) is 16.8 Å². The molecular formula is C22H19ClN2O4S. The van der Waals surface area contributed by atoms with Crippen molar-refractivity contribution >= 4 is 55.2 Å². The molecule has 30 heavy (non-hydrogen) atoms. The highest BCUT2D eigenvalue weighted by Crippen LogP contribution is 2.39. The number of halogens is 1. The Hall–Kier alpha value is -2.61. The van der Waals surface area contributed by atoms with E-state index in [9.17, 15) is 4.79 Å². The number of furan rings is 1. The summed E-state index contributed by atoms with van der Waals surface area (Å²) in [5.41, 5.74) is 1.31. The number of methoxy groups -OCH3 is 1. The van der Waals surface area contributed by atoms with Gasteiger partial charge in [-0.15, -0.1) is 0 Å². The fourth-order valence-electron chi connectivity index (χ4n) is 3.68. The molecule has 1 aliphatic heterocycles. The first kappa shape index (κ1) is 19.4. The molecular weight excluding hydrogens is 424 g/mol. The summed E-state index contributed by atoms with van der Waals surface area (Å²) in [5, 5.41) is 1.99. The Bertz CT molecular complexity index is 1200. The zero-order valence-corrected chi connectivity index (χ0v) is 17.8. The summed E-state index contributed by atoms with van der Waals surface area (Å²) in [6.45, 7) is 1.10. The summed E-state index contributed by atoms with van der Waals surface area (Å²) in [4.78, 5) is 19.8. The number of hydrogen-bond donors (Lipinski definition) is 0. The second-order valence-electron chi connectivity index (χ2n) is 7.12. The predicted molar refractivity (Wildman–Crippen MR) is 118 cm³/mol. The van der Waals surface area contributed by atoms with Crippen molar-refractivity contribution in [2.24, 2.45) is 0 Å². The summed E-state index contributed by atoms with van der Waals surface area (Å²) in [5.74, 6) is 0.632. The number of nitrogens with zero attached hydrogens (tertiary/aromatic N) is 2. The number of carbonyl (C=O) groups excluding carboxylic acids is 1. The van der Waals surface area contributed by atoms with E-state index in [1.54, 1.807) is 30.2 Å². The number of rotatable bonds is 5. The zero-order valence-electron chi connectivity index (χ0n) is 16.3. The van der Waals surface area contributed by atoms with Crippen molar-refractivity contribution in [1.29, 1.82) is 0 Å². The molecule has 0 spiro atoms. The summed E-state index contributed by atoms with van der Waals surface area (Å²) in [6.07, 6.45) is 1.85. The van der Waals surface area contributed by atoms with E-state index >= 15 is 0 Å². The first-order valence-corrected chi connectivity index (χ1v) is 10.9. The largest absolute Gasteiger partial charge is 0.494 e. The van der Waals surface area contributed by atoms with Crippen LogP contribution in [0.25, 0.3) is 21.2 Å². The molecule has 3 heterocycles. The molecule has 0 saturated carbocycles. The van der Waals surface area contributed by atoms with E-state index < -0.39 is 0 Å². The van der Waals surface area contributed by atoms with Crippen LogP contribution in [0.3, 0.4) is 0 Å². The van der Waals surface area contributed by atoms with Crippen LogP contribution < -0.4 is 9.64 Å². The van der Waals surface area contributed by atoms with Gasteiger partial charge in [-0.3, -0.25) is 9.69 Å². The second-order valence-corrected chi connectivity index (χ2v) is 8.51. The van der Waals surface area contributed by atoms with Crippen LogP contribution in [0.15, 0.2) is 46.9 Å². The van der Waals surface area contributed by atoms with Crippen LogP contribution in [-0.4, -0.2) is 37.3 Å². The number of benzene rings is 2.